The quantitative estimate of drug-likeness (QED) is 0.758. The summed E-state index contributed by atoms with van der Waals surface area (Å²) in [7, 11) is 0. The van der Waals surface area contributed by atoms with Gasteiger partial charge in [0.15, 0.2) is 0 Å². The maximum atomic E-state index is 11.9. The molecule has 3 rings (SSSR count). The normalized spacial score (nSPS) is 36.2. The molecule has 0 bridgehead atoms. The predicted octanol–water partition coefficient (Wildman–Crippen LogP) is 2.81. The van der Waals surface area contributed by atoms with Crippen molar-refractivity contribution in [1.29, 1.82) is 0 Å². The molecule has 4 nitrogen and oxygen atoms in total. The van der Waals surface area contributed by atoms with E-state index in [0.29, 0.717) is 24.5 Å². The Hall–Kier alpha value is -0.610. The van der Waals surface area contributed by atoms with Gasteiger partial charge in [0, 0.05) is 6.04 Å². The molecule has 21 heavy (non-hydrogen) atoms. The number of nitrogens with one attached hydrogen (secondary N) is 1. The highest BCUT2D eigenvalue weighted by Gasteiger charge is 2.53. The van der Waals surface area contributed by atoms with Gasteiger partial charge in [-0.05, 0) is 62.7 Å². The molecular formula is C17H29NO3. The molecule has 0 amide bonds. The number of hydrogen-bond acceptors (Lipinski definition) is 3. The molecule has 3 aliphatic rings. The molecule has 4 heteroatoms. The molecule has 0 heterocycles. The molecule has 3 atom stereocenters. The topological polar surface area (TPSA) is 58.6 Å². The zero-order valence-electron chi connectivity index (χ0n) is 13.3. The summed E-state index contributed by atoms with van der Waals surface area (Å²) in [5.41, 5.74) is -0.828. The molecule has 120 valence electrons. The molecule has 3 aliphatic carbocycles. The van der Waals surface area contributed by atoms with Crippen LogP contribution >= 0.6 is 0 Å². The Balaban J connectivity index is 1.62. The summed E-state index contributed by atoms with van der Waals surface area (Å²) in [4.78, 5) is 11.9. The molecule has 0 spiro atoms. The van der Waals surface area contributed by atoms with E-state index < -0.39 is 11.5 Å². The minimum atomic E-state index is -0.828. The van der Waals surface area contributed by atoms with E-state index in [1.807, 2.05) is 0 Å². The fourth-order valence-electron chi connectivity index (χ4n) is 4.00. The molecule has 0 aromatic rings. The van der Waals surface area contributed by atoms with Crippen LogP contribution in [0.3, 0.4) is 0 Å². The van der Waals surface area contributed by atoms with Crippen LogP contribution in [0.2, 0.25) is 0 Å². The van der Waals surface area contributed by atoms with Crippen molar-refractivity contribution in [3.8, 4) is 0 Å². The van der Waals surface area contributed by atoms with E-state index in [1.165, 1.54) is 6.42 Å². The first-order valence-electron chi connectivity index (χ1n) is 8.62. The van der Waals surface area contributed by atoms with Gasteiger partial charge in [-0.1, -0.05) is 13.8 Å². The molecule has 0 saturated heterocycles. The molecule has 0 radical (unpaired) electrons. The van der Waals surface area contributed by atoms with Crippen LogP contribution in [0.25, 0.3) is 0 Å². The molecule has 2 N–H and O–H groups in total. The first-order valence-corrected chi connectivity index (χ1v) is 8.62. The summed E-state index contributed by atoms with van der Waals surface area (Å²) in [5.74, 6) is 0.924. The van der Waals surface area contributed by atoms with E-state index in [1.54, 1.807) is 0 Å². The third-order valence-electron chi connectivity index (χ3n) is 5.38. The van der Waals surface area contributed by atoms with Gasteiger partial charge in [-0.3, -0.25) is 10.1 Å². The summed E-state index contributed by atoms with van der Waals surface area (Å²) >= 11 is 0. The van der Waals surface area contributed by atoms with E-state index in [0.717, 1.165) is 38.5 Å². The number of carbonyl (C=O) groups is 1. The smallest absolute Gasteiger partial charge is 0.326 e. The van der Waals surface area contributed by atoms with Crippen molar-refractivity contribution >= 4 is 5.97 Å². The van der Waals surface area contributed by atoms with Crippen LogP contribution < -0.4 is 5.32 Å². The molecule has 0 aromatic carbocycles. The van der Waals surface area contributed by atoms with Crippen molar-refractivity contribution in [2.75, 3.05) is 6.61 Å². The lowest BCUT2D eigenvalue weighted by atomic mass is 9.81. The van der Waals surface area contributed by atoms with Crippen molar-refractivity contribution in [3.63, 3.8) is 0 Å². The van der Waals surface area contributed by atoms with Gasteiger partial charge in [-0.2, -0.15) is 0 Å². The van der Waals surface area contributed by atoms with Gasteiger partial charge in [-0.25, -0.2) is 0 Å². The lowest BCUT2D eigenvalue weighted by Crippen LogP contribution is -2.59. The maximum Gasteiger partial charge on any atom is 0.326 e. The first-order chi connectivity index (χ1) is 9.99. The second kappa shape index (κ2) is 5.88. The Kier molecular flexibility index (Phi) is 4.28. The van der Waals surface area contributed by atoms with Gasteiger partial charge in [0.2, 0.25) is 0 Å². The molecule has 0 aromatic heterocycles. The van der Waals surface area contributed by atoms with Crippen LogP contribution in [0.15, 0.2) is 0 Å². The van der Waals surface area contributed by atoms with Gasteiger partial charge in [0.25, 0.3) is 0 Å². The summed E-state index contributed by atoms with van der Waals surface area (Å²) < 4.78 is 6.14. The SMILES string of the molecule is CC1CC(C)CC(OCC(NC2CC2)(C(=O)O)C2CC2)C1. The minimum absolute atomic E-state index is 0.238. The van der Waals surface area contributed by atoms with Crippen molar-refractivity contribution in [3.05, 3.63) is 0 Å². The van der Waals surface area contributed by atoms with Crippen molar-refractivity contribution in [2.45, 2.75) is 76.5 Å². The first kappa shape index (κ1) is 15.3. The molecular weight excluding hydrogens is 266 g/mol. The summed E-state index contributed by atoms with van der Waals surface area (Å²) in [6.07, 6.45) is 7.93. The standard InChI is InChI=1S/C17H29NO3/c1-11-7-12(2)9-15(8-11)21-10-17(16(19)20,13-3-4-13)18-14-5-6-14/h11-15,18H,3-10H2,1-2H3,(H,19,20). The molecule has 3 fully saturated rings. The van der Waals surface area contributed by atoms with Crippen LogP contribution in [0.5, 0.6) is 0 Å². The zero-order chi connectivity index (χ0) is 15.0. The Morgan fingerprint density at radius 2 is 1.76 bits per heavy atom. The van der Waals surface area contributed by atoms with Crippen molar-refractivity contribution < 1.29 is 14.6 Å². The van der Waals surface area contributed by atoms with Gasteiger partial charge in [0.05, 0.1) is 12.7 Å². The molecule has 0 aliphatic heterocycles. The fourth-order valence-corrected chi connectivity index (χ4v) is 4.00. The second-order valence-corrected chi connectivity index (χ2v) is 7.82. The zero-order valence-corrected chi connectivity index (χ0v) is 13.3. The van der Waals surface area contributed by atoms with E-state index in [4.69, 9.17) is 4.74 Å². The lowest BCUT2D eigenvalue weighted by molar-refractivity contribution is -0.151. The summed E-state index contributed by atoms with van der Waals surface area (Å²) in [6.45, 7) is 4.90. The van der Waals surface area contributed by atoms with E-state index in [-0.39, 0.29) is 12.0 Å². The third-order valence-corrected chi connectivity index (χ3v) is 5.38. The Labute approximate surface area is 127 Å². The molecule has 3 unspecified atom stereocenters. The fraction of sp³-hybridized carbons (Fsp3) is 0.941. The number of carboxylic acid groups (broad SMARTS) is 1. The van der Waals surface area contributed by atoms with Crippen LogP contribution in [0.4, 0.5) is 0 Å². The monoisotopic (exact) mass is 295 g/mol. The van der Waals surface area contributed by atoms with E-state index in [9.17, 15) is 9.90 Å². The van der Waals surface area contributed by atoms with Crippen molar-refractivity contribution in [1.82, 2.24) is 5.32 Å². The van der Waals surface area contributed by atoms with Gasteiger partial charge < -0.3 is 9.84 Å². The minimum Gasteiger partial charge on any atom is -0.480 e. The van der Waals surface area contributed by atoms with E-state index in [2.05, 4.69) is 19.2 Å². The number of rotatable bonds is 7. The highest BCUT2D eigenvalue weighted by Crippen LogP contribution is 2.43. The van der Waals surface area contributed by atoms with Gasteiger partial charge >= 0.3 is 5.97 Å². The molecule has 3 saturated carbocycles. The van der Waals surface area contributed by atoms with E-state index >= 15 is 0 Å². The Morgan fingerprint density at radius 1 is 1.14 bits per heavy atom. The highest BCUT2D eigenvalue weighted by atomic mass is 16.5. The van der Waals surface area contributed by atoms with Crippen LogP contribution in [0, 0.1) is 17.8 Å². The van der Waals surface area contributed by atoms with Crippen LogP contribution in [-0.4, -0.2) is 35.4 Å². The average Bonchev–Trinajstić information content (AvgIpc) is 3.24. The number of aliphatic carboxylic acids is 1. The van der Waals surface area contributed by atoms with Crippen molar-refractivity contribution in [2.24, 2.45) is 17.8 Å². The summed E-state index contributed by atoms with van der Waals surface area (Å²) in [5, 5.41) is 13.2. The largest absolute Gasteiger partial charge is 0.480 e. The Morgan fingerprint density at radius 3 is 2.24 bits per heavy atom. The third kappa shape index (κ3) is 3.59. The van der Waals surface area contributed by atoms with Gasteiger partial charge in [0.1, 0.15) is 5.54 Å². The number of ether oxygens (including phenoxy) is 1. The second-order valence-electron chi connectivity index (χ2n) is 7.82. The average molecular weight is 295 g/mol. The summed E-state index contributed by atoms with van der Waals surface area (Å²) in [6, 6.07) is 0.398. The highest BCUT2D eigenvalue weighted by molar-refractivity contribution is 5.80. The van der Waals surface area contributed by atoms with Crippen LogP contribution in [0.1, 0.15) is 58.8 Å². The van der Waals surface area contributed by atoms with Crippen LogP contribution in [-0.2, 0) is 9.53 Å². The maximum absolute atomic E-state index is 11.9. The Bertz CT molecular complexity index is 381. The van der Waals surface area contributed by atoms with Gasteiger partial charge in [-0.15, -0.1) is 0 Å². The number of hydrogen-bond donors (Lipinski definition) is 2. The predicted molar refractivity (Wildman–Crippen MR) is 81.2 cm³/mol. The lowest BCUT2D eigenvalue weighted by Gasteiger charge is -2.36. The number of carboxylic acids is 1.